The lowest BCUT2D eigenvalue weighted by Crippen LogP contribution is -2.00. The van der Waals surface area contributed by atoms with Crippen molar-refractivity contribution in [1.82, 2.24) is 4.98 Å². The first-order valence-corrected chi connectivity index (χ1v) is 6.56. The van der Waals surface area contributed by atoms with Crippen LogP contribution in [0.5, 0.6) is 0 Å². The average Bonchev–Trinajstić information content (AvgIpc) is 2.86. The van der Waals surface area contributed by atoms with Gasteiger partial charge in [0, 0.05) is 5.39 Å². The maximum Gasteiger partial charge on any atom is 0.339 e. The zero-order chi connectivity index (χ0) is 14.8. The molecule has 3 aromatic rings. The van der Waals surface area contributed by atoms with Gasteiger partial charge in [0.1, 0.15) is 22.9 Å². The number of aryl methyl sites for hydroxylation is 1. The molecule has 0 bridgehead atoms. The van der Waals surface area contributed by atoms with Crippen LogP contribution in [0.15, 0.2) is 46.9 Å². The van der Waals surface area contributed by atoms with E-state index in [1.807, 2.05) is 36.4 Å². The number of nitrogens with one attached hydrogen (secondary N) is 1. The molecular weight excluding hydrogens is 268 g/mol. The molecule has 2 aromatic heterocycles. The number of fused-ring (bicyclic) bond motifs is 1. The highest BCUT2D eigenvalue weighted by Gasteiger charge is 2.13. The SMILES string of the molecule is Cc1oc(CNc2ccc3ccccc3n2)cc1C(=O)O. The number of hydrogen-bond donors (Lipinski definition) is 2. The number of rotatable bonds is 4. The molecule has 0 unspecified atom stereocenters. The van der Waals surface area contributed by atoms with Crippen LogP contribution in [0.25, 0.3) is 10.9 Å². The van der Waals surface area contributed by atoms with Crippen LogP contribution in [0.2, 0.25) is 0 Å². The first kappa shape index (κ1) is 13.2. The van der Waals surface area contributed by atoms with Gasteiger partial charge in [0.2, 0.25) is 0 Å². The van der Waals surface area contributed by atoms with Gasteiger partial charge < -0.3 is 14.8 Å². The van der Waals surface area contributed by atoms with E-state index in [1.54, 1.807) is 6.92 Å². The number of hydrogen-bond acceptors (Lipinski definition) is 4. The van der Waals surface area contributed by atoms with Crippen molar-refractivity contribution in [2.75, 3.05) is 5.32 Å². The summed E-state index contributed by atoms with van der Waals surface area (Å²) in [6.45, 7) is 2.03. The predicted molar refractivity (Wildman–Crippen MR) is 79.5 cm³/mol. The van der Waals surface area contributed by atoms with Crippen molar-refractivity contribution in [2.45, 2.75) is 13.5 Å². The molecule has 3 rings (SSSR count). The molecule has 5 nitrogen and oxygen atoms in total. The topological polar surface area (TPSA) is 75.4 Å². The Morgan fingerprint density at radius 2 is 2.10 bits per heavy atom. The molecule has 2 N–H and O–H groups in total. The summed E-state index contributed by atoms with van der Waals surface area (Å²) in [6, 6.07) is 13.3. The molecule has 106 valence electrons. The summed E-state index contributed by atoms with van der Waals surface area (Å²) in [5.41, 5.74) is 1.10. The fraction of sp³-hybridized carbons (Fsp3) is 0.125. The van der Waals surface area contributed by atoms with E-state index in [2.05, 4.69) is 10.3 Å². The third kappa shape index (κ3) is 2.72. The highest BCUT2D eigenvalue weighted by atomic mass is 16.4. The molecule has 0 aliphatic heterocycles. The summed E-state index contributed by atoms with van der Waals surface area (Å²) in [6.07, 6.45) is 0. The van der Waals surface area contributed by atoms with E-state index in [0.717, 1.165) is 16.7 Å². The monoisotopic (exact) mass is 282 g/mol. The summed E-state index contributed by atoms with van der Waals surface area (Å²) >= 11 is 0. The number of benzene rings is 1. The number of anilines is 1. The largest absolute Gasteiger partial charge is 0.478 e. The predicted octanol–water partition coefficient (Wildman–Crippen LogP) is 3.45. The van der Waals surface area contributed by atoms with Crippen molar-refractivity contribution in [1.29, 1.82) is 0 Å². The van der Waals surface area contributed by atoms with E-state index in [4.69, 9.17) is 9.52 Å². The Balaban J connectivity index is 1.77. The molecule has 0 aliphatic rings. The Hall–Kier alpha value is -2.82. The zero-order valence-electron chi connectivity index (χ0n) is 11.5. The zero-order valence-corrected chi connectivity index (χ0v) is 11.5. The molecule has 0 aliphatic carbocycles. The maximum atomic E-state index is 11.0. The van der Waals surface area contributed by atoms with E-state index in [-0.39, 0.29) is 5.56 Å². The van der Waals surface area contributed by atoms with Crippen LogP contribution in [0.3, 0.4) is 0 Å². The van der Waals surface area contributed by atoms with E-state index < -0.39 is 5.97 Å². The molecule has 0 spiro atoms. The van der Waals surface area contributed by atoms with Crippen molar-refractivity contribution in [3.63, 3.8) is 0 Å². The van der Waals surface area contributed by atoms with E-state index in [0.29, 0.717) is 18.1 Å². The Labute approximate surface area is 121 Å². The minimum atomic E-state index is -0.980. The number of aromatic carboxylic acids is 1. The highest BCUT2D eigenvalue weighted by molar-refractivity contribution is 5.88. The Bertz CT molecular complexity index is 808. The average molecular weight is 282 g/mol. The molecule has 21 heavy (non-hydrogen) atoms. The third-order valence-corrected chi connectivity index (χ3v) is 3.24. The van der Waals surface area contributed by atoms with Gasteiger partial charge in [-0.05, 0) is 31.2 Å². The number of carboxylic acid groups (broad SMARTS) is 1. The number of aromatic nitrogens is 1. The van der Waals surface area contributed by atoms with Gasteiger partial charge in [0.25, 0.3) is 0 Å². The van der Waals surface area contributed by atoms with Crippen molar-refractivity contribution >= 4 is 22.7 Å². The Morgan fingerprint density at radius 1 is 1.29 bits per heavy atom. The van der Waals surface area contributed by atoms with E-state index >= 15 is 0 Å². The van der Waals surface area contributed by atoms with Crippen LogP contribution in [-0.4, -0.2) is 16.1 Å². The molecule has 0 atom stereocenters. The van der Waals surface area contributed by atoms with Gasteiger partial charge in [-0.15, -0.1) is 0 Å². The van der Waals surface area contributed by atoms with Crippen molar-refractivity contribution in [3.05, 3.63) is 59.5 Å². The van der Waals surface area contributed by atoms with Crippen LogP contribution in [0, 0.1) is 6.92 Å². The minimum absolute atomic E-state index is 0.193. The number of carbonyl (C=O) groups is 1. The van der Waals surface area contributed by atoms with Crippen molar-refractivity contribution in [3.8, 4) is 0 Å². The van der Waals surface area contributed by atoms with Crippen LogP contribution >= 0.6 is 0 Å². The van der Waals surface area contributed by atoms with Gasteiger partial charge in [0.05, 0.1) is 12.1 Å². The summed E-state index contributed by atoms with van der Waals surface area (Å²) in [5.74, 6) is 0.719. The van der Waals surface area contributed by atoms with Crippen LogP contribution in [0.1, 0.15) is 21.9 Å². The van der Waals surface area contributed by atoms with Crippen molar-refractivity contribution in [2.24, 2.45) is 0 Å². The molecule has 0 saturated carbocycles. The lowest BCUT2D eigenvalue weighted by molar-refractivity contribution is 0.0695. The van der Waals surface area contributed by atoms with Gasteiger partial charge in [-0.3, -0.25) is 0 Å². The molecule has 5 heteroatoms. The first-order valence-electron chi connectivity index (χ1n) is 6.56. The van der Waals surface area contributed by atoms with Crippen LogP contribution in [-0.2, 0) is 6.54 Å². The Kier molecular flexibility index (Phi) is 3.31. The smallest absolute Gasteiger partial charge is 0.339 e. The molecule has 2 heterocycles. The third-order valence-electron chi connectivity index (χ3n) is 3.24. The summed E-state index contributed by atoms with van der Waals surface area (Å²) in [7, 11) is 0. The summed E-state index contributed by atoms with van der Waals surface area (Å²) < 4.78 is 5.41. The van der Waals surface area contributed by atoms with Gasteiger partial charge in [0.15, 0.2) is 0 Å². The number of furan rings is 1. The van der Waals surface area contributed by atoms with Gasteiger partial charge in [-0.2, -0.15) is 0 Å². The molecule has 0 saturated heterocycles. The number of pyridine rings is 1. The molecule has 0 amide bonds. The van der Waals surface area contributed by atoms with Gasteiger partial charge in [-0.25, -0.2) is 9.78 Å². The number of carboxylic acids is 1. The van der Waals surface area contributed by atoms with E-state index in [1.165, 1.54) is 6.07 Å². The second kappa shape index (κ2) is 5.28. The highest BCUT2D eigenvalue weighted by Crippen LogP contribution is 2.18. The van der Waals surface area contributed by atoms with Crippen LogP contribution < -0.4 is 5.32 Å². The number of para-hydroxylation sites is 1. The lowest BCUT2D eigenvalue weighted by Gasteiger charge is -2.04. The molecular formula is C16H14N2O3. The molecule has 0 fully saturated rings. The lowest BCUT2D eigenvalue weighted by atomic mass is 10.2. The van der Waals surface area contributed by atoms with Crippen LogP contribution in [0.4, 0.5) is 5.82 Å². The quantitative estimate of drug-likeness (QED) is 0.766. The maximum absolute atomic E-state index is 11.0. The minimum Gasteiger partial charge on any atom is -0.478 e. The Morgan fingerprint density at radius 3 is 2.86 bits per heavy atom. The fourth-order valence-corrected chi connectivity index (χ4v) is 2.19. The second-order valence-electron chi connectivity index (χ2n) is 4.73. The fourth-order valence-electron chi connectivity index (χ4n) is 2.19. The molecule has 1 aromatic carbocycles. The van der Waals surface area contributed by atoms with Gasteiger partial charge in [-0.1, -0.05) is 18.2 Å². The number of nitrogens with zero attached hydrogens (tertiary/aromatic N) is 1. The van der Waals surface area contributed by atoms with Crippen molar-refractivity contribution < 1.29 is 14.3 Å². The summed E-state index contributed by atoms with van der Waals surface area (Å²) in [5, 5.41) is 13.2. The normalized spacial score (nSPS) is 10.7. The molecule has 0 radical (unpaired) electrons. The second-order valence-corrected chi connectivity index (χ2v) is 4.73. The standard InChI is InChI=1S/C16H14N2O3/c1-10-13(16(19)20)8-12(21-10)9-17-15-7-6-11-4-2-3-5-14(11)18-15/h2-8H,9H2,1H3,(H,17,18)(H,19,20). The van der Waals surface area contributed by atoms with Gasteiger partial charge >= 0.3 is 5.97 Å². The van der Waals surface area contributed by atoms with E-state index in [9.17, 15) is 4.79 Å². The first-order chi connectivity index (χ1) is 10.1. The summed E-state index contributed by atoms with van der Waals surface area (Å²) in [4.78, 5) is 15.4.